The minimum atomic E-state index is -4.22. The number of pyridine rings is 1. The normalized spacial score (nSPS) is 13.7. The van der Waals surface area contributed by atoms with Gasteiger partial charge in [0.1, 0.15) is 11.9 Å². The van der Waals surface area contributed by atoms with Gasteiger partial charge in [0.2, 0.25) is 5.91 Å². The number of anilines is 2. The third kappa shape index (κ3) is 5.27. The van der Waals surface area contributed by atoms with Crippen LogP contribution in [0.5, 0.6) is 0 Å². The summed E-state index contributed by atoms with van der Waals surface area (Å²) in [5, 5.41) is 5.58. The van der Waals surface area contributed by atoms with Gasteiger partial charge >= 0.3 is 16.2 Å². The van der Waals surface area contributed by atoms with E-state index in [-0.39, 0.29) is 18.9 Å². The third-order valence-electron chi connectivity index (χ3n) is 6.24. The van der Waals surface area contributed by atoms with Gasteiger partial charge < -0.3 is 10.2 Å². The second kappa shape index (κ2) is 10.2. The molecule has 3 heterocycles. The first-order valence-electron chi connectivity index (χ1n) is 11.7. The number of benzene rings is 2. The van der Waals surface area contributed by atoms with Crippen LogP contribution in [0.4, 0.5) is 16.3 Å². The summed E-state index contributed by atoms with van der Waals surface area (Å²) in [6.45, 7) is 0.176. The van der Waals surface area contributed by atoms with Crippen molar-refractivity contribution in [3.05, 3.63) is 89.4 Å². The van der Waals surface area contributed by atoms with Gasteiger partial charge in [0.25, 0.3) is 0 Å². The SMILES string of the molecule is CN(C(=O)[C@H](Cc1ccccc1)NC(=O)NS(=O)(=O)N1CCc2cccnc21)c1ccc2sccc2c1. The molecule has 37 heavy (non-hydrogen) atoms. The largest absolute Gasteiger partial charge is 0.330 e. The third-order valence-corrected chi connectivity index (χ3v) is 8.52. The second-order valence-corrected chi connectivity index (χ2v) is 11.2. The van der Waals surface area contributed by atoms with E-state index in [0.717, 1.165) is 25.5 Å². The number of fused-ring (bicyclic) bond motifs is 2. The number of hydrogen-bond donors (Lipinski definition) is 2. The summed E-state index contributed by atoms with van der Waals surface area (Å²) in [6, 6.07) is 18.5. The molecule has 5 rings (SSSR count). The first-order chi connectivity index (χ1) is 17.8. The molecule has 0 saturated carbocycles. The van der Waals surface area contributed by atoms with Crippen molar-refractivity contribution in [3.8, 4) is 0 Å². The maximum atomic E-state index is 13.6. The number of amides is 3. The molecule has 9 nitrogen and oxygen atoms in total. The van der Waals surface area contributed by atoms with Gasteiger partial charge in [0, 0.05) is 36.6 Å². The Kier molecular flexibility index (Phi) is 6.81. The molecule has 0 fully saturated rings. The van der Waals surface area contributed by atoms with Crippen molar-refractivity contribution in [2.75, 3.05) is 22.8 Å². The Bertz CT molecular complexity index is 1560. The van der Waals surface area contributed by atoms with Crippen LogP contribution in [-0.4, -0.2) is 45.0 Å². The van der Waals surface area contributed by atoms with Gasteiger partial charge in [-0.2, -0.15) is 8.42 Å². The van der Waals surface area contributed by atoms with Crippen molar-refractivity contribution in [2.45, 2.75) is 18.9 Å². The predicted molar refractivity (Wildman–Crippen MR) is 145 cm³/mol. The van der Waals surface area contributed by atoms with Gasteiger partial charge in [-0.3, -0.25) is 4.79 Å². The minimum Gasteiger partial charge on any atom is -0.325 e. The quantitative estimate of drug-likeness (QED) is 0.376. The lowest BCUT2D eigenvalue weighted by atomic mass is 10.0. The van der Waals surface area contributed by atoms with Crippen molar-refractivity contribution >= 4 is 55.1 Å². The molecule has 0 aliphatic carbocycles. The Morgan fingerprint density at radius 2 is 1.92 bits per heavy atom. The van der Waals surface area contributed by atoms with Crippen LogP contribution in [0.1, 0.15) is 11.1 Å². The highest BCUT2D eigenvalue weighted by Crippen LogP contribution is 2.27. The van der Waals surface area contributed by atoms with E-state index in [2.05, 4.69) is 10.3 Å². The van der Waals surface area contributed by atoms with E-state index in [4.69, 9.17) is 0 Å². The average molecular weight is 536 g/mol. The van der Waals surface area contributed by atoms with E-state index in [9.17, 15) is 18.0 Å². The molecule has 1 aliphatic heterocycles. The molecule has 11 heteroatoms. The summed E-state index contributed by atoms with van der Waals surface area (Å²) in [5.41, 5.74) is 2.28. The van der Waals surface area contributed by atoms with E-state index in [0.29, 0.717) is 17.9 Å². The maximum absolute atomic E-state index is 13.6. The van der Waals surface area contributed by atoms with E-state index in [1.807, 2.05) is 64.7 Å². The summed E-state index contributed by atoms with van der Waals surface area (Å²) >= 11 is 1.61. The molecule has 3 amide bonds. The van der Waals surface area contributed by atoms with E-state index in [1.165, 1.54) is 11.1 Å². The summed E-state index contributed by atoms with van der Waals surface area (Å²) in [4.78, 5) is 32.1. The molecule has 1 atom stereocenters. The summed E-state index contributed by atoms with van der Waals surface area (Å²) in [6.07, 6.45) is 2.19. The van der Waals surface area contributed by atoms with Crippen molar-refractivity contribution in [3.63, 3.8) is 0 Å². The van der Waals surface area contributed by atoms with Crippen molar-refractivity contribution < 1.29 is 18.0 Å². The van der Waals surface area contributed by atoms with Gasteiger partial charge in [-0.15, -0.1) is 11.3 Å². The Morgan fingerprint density at radius 1 is 1.11 bits per heavy atom. The van der Waals surface area contributed by atoms with Crippen LogP contribution >= 0.6 is 11.3 Å². The van der Waals surface area contributed by atoms with Gasteiger partial charge in [0.05, 0.1) is 0 Å². The topological polar surface area (TPSA) is 112 Å². The molecular weight excluding hydrogens is 510 g/mol. The van der Waals surface area contributed by atoms with Crippen LogP contribution in [0.2, 0.25) is 0 Å². The van der Waals surface area contributed by atoms with Crippen LogP contribution in [0.15, 0.2) is 78.3 Å². The fraction of sp³-hybridized carbons (Fsp3) is 0.192. The zero-order valence-corrected chi connectivity index (χ0v) is 21.6. The summed E-state index contributed by atoms with van der Waals surface area (Å²) in [5.74, 6) is -0.0811. The maximum Gasteiger partial charge on any atom is 0.330 e. The lowest BCUT2D eigenvalue weighted by molar-refractivity contribution is -0.120. The number of nitrogens with one attached hydrogen (secondary N) is 2. The smallest absolute Gasteiger partial charge is 0.325 e. The number of nitrogens with zero attached hydrogens (tertiary/aromatic N) is 3. The number of urea groups is 1. The number of carbonyl (C=O) groups excluding carboxylic acids is 2. The van der Waals surface area contributed by atoms with E-state index < -0.39 is 22.3 Å². The molecule has 2 aromatic heterocycles. The molecule has 0 bridgehead atoms. The lowest BCUT2D eigenvalue weighted by Crippen LogP contribution is -2.54. The number of hydrogen-bond acceptors (Lipinski definition) is 6. The molecule has 0 spiro atoms. The van der Waals surface area contributed by atoms with Crippen molar-refractivity contribution in [2.24, 2.45) is 0 Å². The fourth-order valence-corrected chi connectivity index (χ4v) is 6.24. The number of rotatable bonds is 7. The van der Waals surface area contributed by atoms with Crippen LogP contribution in [0.3, 0.4) is 0 Å². The van der Waals surface area contributed by atoms with E-state index in [1.54, 1.807) is 30.5 Å². The Balaban J connectivity index is 1.35. The number of carbonyl (C=O) groups is 2. The zero-order valence-electron chi connectivity index (χ0n) is 20.0. The average Bonchev–Trinajstić information content (AvgIpc) is 3.55. The minimum absolute atomic E-state index is 0.176. The molecule has 190 valence electrons. The van der Waals surface area contributed by atoms with Gasteiger partial charge in [-0.25, -0.2) is 18.8 Å². The standard InChI is InChI=1S/C26H25N5O4S2/c1-30(21-9-10-23-20(17-21)12-15-36-23)25(32)22(16-18-6-3-2-4-7-18)28-26(33)29-37(34,35)31-14-11-19-8-5-13-27-24(19)31/h2-10,12-13,15,17,22H,11,14,16H2,1H3,(H2,28,29,33)/t22-/m0/s1. The Hall–Kier alpha value is -3.96. The molecule has 0 saturated heterocycles. The second-order valence-electron chi connectivity index (χ2n) is 8.67. The summed E-state index contributed by atoms with van der Waals surface area (Å²) < 4.78 is 30.2. The first-order valence-corrected chi connectivity index (χ1v) is 14.0. The molecule has 1 aliphatic rings. The van der Waals surface area contributed by atoms with Crippen LogP contribution in [0, 0.1) is 0 Å². The number of aromatic nitrogens is 1. The molecule has 0 radical (unpaired) electrons. The van der Waals surface area contributed by atoms with Crippen LogP contribution in [0.25, 0.3) is 10.1 Å². The highest BCUT2D eigenvalue weighted by Gasteiger charge is 2.33. The summed E-state index contributed by atoms with van der Waals surface area (Å²) in [7, 11) is -2.59. The fourth-order valence-electron chi connectivity index (χ4n) is 4.35. The highest BCUT2D eigenvalue weighted by atomic mass is 32.2. The predicted octanol–water partition coefficient (Wildman–Crippen LogP) is 3.48. The highest BCUT2D eigenvalue weighted by molar-refractivity contribution is 7.91. The van der Waals surface area contributed by atoms with Crippen molar-refractivity contribution in [1.29, 1.82) is 0 Å². The van der Waals surface area contributed by atoms with Gasteiger partial charge in [-0.05, 0) is 58.6 Å². The number of thiophene rings is 1. The molecule has 0 unspecified atom stereocenters. The Labute approximate surface area is 218 Å². The Morgan fingerprint density at radius 3 is 2.73 bits per heavy atom. The van der Waals surface area contributed by atoms with Crippen LogP contribution < -0.4 is 19.2 Å². The van der Waals surface area contributed by atoms with Gasteiger partial charge in [0.15, 0.2) is 0 Å². The van der Waals surface area contributed by atoms with Crippen molar-refractivity contribution in [1.82, 2.24) is 15.0 Å². The number of likely N-dealkylation sites (N-methyl/N-ethyl adjacent to an activating group) is 1. The van der Waals surface area contributed by atoms with Crippen LogP contribution in [-0.2, 0) is 27.8 Å². The lowest BCUT2D eigenvalue weighted by Gasteiger charge is -2.26. The molecular formula is C26H25N5O4S2. The first kappa shape index (κ1) is 24.7. The molecule has 2 aromatic carbocycles. The van der Waals surface area contributed by atoms with Gasteiger partial charge in [-0.1, -0.05) is 36.4 Å². The molecule has 2 N–H and O–H groups in total. The molecule has 4 aromatic rings. The monoisotopic (exact) mass is 535 g/mol. The van der Waals surface area contributed by atoms with E-state index >= 15 is 0 Å². The zero-order chi connectivity index (χ0) is 26.0.